The monoisotopic (exact) mass is 269 g/mol. The third-order valence-corrected chi connectivity index (χ3v) is 1.66. The molecule has 1 aromatic rings. The number of phenols is 1. The van der Waals surface area contributed by atoms with Crippen LogP contribution in [0.3, 0.4) is 0 Å². The summed E-state index contributed by atoms with van der Waals surface area (Å²) in [6.45, 7) is 0. The summed E-state index contributed by atoms with van der Waals surface area (Å²) in [5.74, 6) is -1.21. The predicted octanol–water partition coefficient (Wildman–Crippen LogP) is 0.736. The zero-order valence-corrected chi connectivity index (χ0v) is 10.3. The molecule has 0 spiro atoms. The van der Waals surface area contributed by atoms with Gasteiger partial charge in [0.05, 0.1) is 26.9 Å². The van der Waals surface area contributed by atoms with E-state index in [9.17, 15) is 30.3 Å². The number of nitrogens with zero attached hydrogens (tertiary/aromatic N) is 3. The minimum atomic E-state index is -1.21. The first-order valence-corrected chi connectivity index (χ1v) is 3.64. The molecule has 0 aliphatic carbocycles. The molecule has 0 aliphatic rings. The smallest absolute Gasteiger partial charge is 0.497 e. The molecule has 17 heavy (non-hydrogen) atoms. The maximum Gasteiger partial charge on any atom is 2.00 e. The molecule has 0 aliphatic heterocycles. The van der Waals surface area contributed by atoms with Crippen molar-refractivity contribution in [3.05, 3.63) is 42.5 Å². The Bertz CT molecular complexity index is 467. The van der Waals surface area contributed by atoms with Crippen LogP contribution >= 0.6 is 0 Å². The number of hydrogen-bond donors (Lipinski definition) is 1. The zero-order valence-electron chi connectivity index (χ0n) is 8.10. The molecule has 1 N–H and O–H groups in total. The van der Waals surface area contributed by atoms with E-state index >= 15 is 0 Å². The van der Waals surface area contributed by atoms with Crippen LogP contribution in [-0.4, -0.2) is 57.6 Å². The van der Waals surface area contributed by atoms with Gasteiger partial charge in [-0.25, -0.2) is 0 Å². The van der Waals surface area contributed by atoms with Gasteiger partial charge in [0.1, 0.15) is 0 Å². The maximum absolute atomic E-state index is 10.4. The second-order valence-electron chi connectivity index (χ2n) is 2.60. The Morgan fingerprint density at radius 1 is 0.882 bits per heavy atom. The van der Waals surface area contributed by atoms with Crippen molar-refractivity contribution in [2.75, 3.05) is 0 Å². The minimum absolute atomic E-state index is 0. The fraction of sp³-hybridized carbons (Fsp3) is 0. The Hall–Kier alpha value is -1.52. The summed E-state index contributed by atoms with van der Waals surface area (Å²) in [7, 11) is 0. The summed E-state index contributed by atoms with van der Waals surface area (Å²) in [6, 6.07) is 0.894. The average Bonchev–Trinajstić information content (AvgIpc) is 2.16. The van der Waals surface area contributed by atoms with E-state index in [2.05, 4.69) is 0 Å². The normalized spacial score (nSPS) is 9.18. The van der Waals surface area contributed by atoms with E-state index in [-0.39, 0.29) is 37.7 Å². The molecule has 1 rings (SSSR count). The summed E-state index contributed by atoms with van der Waals surface area (Å²) in [6.07, 6.45) is 0. The van der Waals surface area contributed by atoms with Crippen molar-refractivity contribution in [2.45, 2.75) is 0 Å². The molecule has 0 amide bonds. The van der Waals surface area contributed by atoms with Gasteiger partial charge in [0.2, 0.25) is 0 Å². The Kier molecular flexibility index (Phi) is 5.19. The van der Waals surface area contributed by atoms with Gasteiger partial charge < -0.3 is 5.11 Å². The van der Waals surface area contributed by atoms with Crippen LogP contribution in [0.1, 0.15) is 0 Å². The minimum Gasteiger partial charge on any atom is -0.497 e. The van der Waals surface area contributed by atoms with Gasteiger partial charge in [-0.1, -0.05) is 0 Å². The second-order valence-corrected chi connectivity index (χ2v) is 2.60. The van der Waals surface area contributed by atoms with E-state index in [4.69, 9.17) is 5.11 Å². The Balaban J connectivity index is 0.00000256. The van der Waals surface area contributed by atoms with Crippen LogP contribution in [0.5, 0.6) is 5.75 Å². The van der Waals surface area contributed by atoms with Crippen molar-refractivity contribution in [2.24, 2.45) is 0 Å². The zero-order chi connectivity index (χ0) is 12.5. The van der Waals surface area contributed by atoms with Gasteiger partial charge in [-0.2, -0.15) is 0 Å². The topological polar surface area (TPSA) is 150 Å². The van der Waals surface area contributed by atoms with Crippen molar-refractivity contribution in [3.63, 3.8) is 0 Å². The van der Waals surface area contributed by atoms with Crippen LogP contribution in [0.15, 0.2) is 12.1 Å². The standard InChI is InChI=1S/C6H3N3O7.Ca/c10-6-4(8(13)14)1-3(7(11)12)2-5(6)9(15)16;/h1-2,10H;/q;+2. The van der Waals surface area contributed by atoms with E-state index < -0.39 is 37.6 Å². The van der Waals surface area contributed by atoms with E-state index in [1.54, 1.807) is 0 Å². The van der Waals surface area contributed by atoms with Crippen LogP contribution < -0.4 is 0 Å². The van der Waals surface area contributed by atoms with Crippen LogP contribution in [0.25, 0.3) is 0 Å². The number of rotatable bonds is 3. The first-order chi connectivity index (χ1) is 7.34. The Morgan fingerprint density at radius 2 is 1.24 bits per heavy atom. The van der Waals surface area contributed by atoms with Gasteiger partial charge in [0, 0.05) is 0 Å². The molecule has 10 nitrogen and oxygen atoms in total. The van der Waals surface area contributed by atoms with Gasteiger partial charge in [0.25, 0.3) is 11.4 Å². The van der Waals surface area contributed by atoms with Crippen LogP contribution in [-0.2, 0) is 0 Å². The quantitative estimate of drug-likeness (QED) is 0.482. The van der Waals surface area contributed by atoms with Crippen molar-refractivity contribution in [3.8, 4) is 5.75 Å². The Morgan fingerprint density at radius 3 is 1.47 bits per heavy atom. The first kappa shape index (κ1) is 15.5. The van der Waals surface area contributed by atoms with E-state index in [1.807, 2.05) is 0 Å². The van der Waals surface area contributed by atoms with Crippen LogP contribution in [0.2, 0.25) is 0 Å². The molecule has 0 bridgehead atoms. The SMILES string of the molecule is O=[N+]([O-])c1cc([N+](=O)[O-])c(O)c([N+](=O)[O-])c1.[Ca+2]. The number of nitro benzene ring substituents is 3. The van der Waals surface area contributed by atoms with Gasteiger partial charge in [-0.3, -0.25) is 30.3 Å². The molecule has 1 aromatic carbocycles. The molecule has 11 heteroatoms. The summed E-state index contributed by atoms with van der Waals surface area (Å²) >= 11 is 0. The number of aromatic hydroxyl groups is 1. The summed E-state index contributed by atoms with van der Waals surface area (Å²) in [5, 5.41) is 40.2. The molecule has 0 atom stereocenters. The number of phenolic OH excluding ortho intramolecular Hbond substituents is 1. The van der Waals surface area contributed by atoms with Crippen molar-refractivity contribution in [1.82, 2.24) is 0 Å². The fourth-order valence-electron chi connectivity index (χ4n) is 0.974. The first-order valence-electron chi connectivity index (χ1n) is 3.64. The summed E-state index contributed by atoms with van der Waals surface area (Å²) in [5.41, 5.74) is -3.00. The van der Waals surface area contributed by atoms with Gasteiger partial charge in [-0.15, -0.1) is 0 Å². The van der Waals surface area contributed by atoms with Crippen molar-refractivity contribution < 1.29 is 19.9 Å². The molecule has 0 fully saturated rings. The number of nitro groups is 3. The van der Waals surface area contributed by atoms with E-state index in [0.29, 0.717) is 12.1 Å². The third kappa shape index (κ3) is 3.22. The fourth-order valence-corrected chi connectivity index (χ4v) is 0.974. The van der Waals surface area contributed by atoms with Gasteiger partial charge in [-0.05, 0) is 0 Å². The number of non-ortho nitro benzene ring substituents is 1. The molecule has 0 unspecified atom stereocenters. The second kappa shape index (κ2) is 5.70. The molecule has 0 saturated heterocycles. The maximum atomic E-state index is 10.4. The van der Waals surface area contributed by atoms with Crippen LogP contribution in [0, 0.1) is 30.3 Å². The summed E-state index contributed by atoms with van der Waals surface area (Å²) in [4.78, 5) is 27.8. The molecule has 0 saturated carbocycles. The summed E-state index contributed by atoms with van der Waals surface area (Å²) < 4.78 is 0. The molecule has 84 valence electrons. The third-order valence-electron chi connectivity index (χ3n) is 1.66. The van der Waals surface area contributed by atoms with Crippen molar-refractivity contribution in [1.29, 1.82) is 0 Å². The Labute approximate surface area is 122 Å². The molecular weight excluding hydrogens is 266 g/mol. The van der Waals surface area contributed by atoms with Crippen LogP contribution in [0.4, 0.5) is 17.1 Å². The largest absolute Gasteiger partial charge is 2.00 e. The van der Waals surface area contributed by atoms with Gasteiger partial charge >= 0.3 is 49.1 Å². The average molecular weight is 269 g/mol. The molecule has 0 aromatic heterocycles. The molecule has 0 radical (unpaired) electrons. The van der Waals surface area contributed by atoms with Crippen molar-refractivity contribution >= 4 is 54.8 Å². The van der Waals surface area contributed by atoms with E-state index in [0.717, 1.165) is 0 Å². The van der Waals surface area contributed by atoms with E-state index in [1.165, 1.54) is 0 Å². The predicted molar refractivity (Wildman–Crippen MR) is 53.8 cm³/mol. The molecule has 0 heterocycles. The number of benzene rings is 1. The van der Waals surface area contributed by atoms with Gasteiger partial charge in [0.15, 0.2) is 0 Å². The molecular formula is C6H3CaN3O7+2. The number of hydrogen-bond acceptors (Lipinski definition) is 7.